The van der Waals surface area contributed by atoms with Gasteiger partial charge in [-0.15, -0.1) is 11.8 Å². The number of hydrogen-bond donors (Lipinski definition) is 0. The number of rotatable bonds is 4. The van der Waals surface area contributed by atoms with Crippen molar-refractivity contribution in [2.24, 2.45) is 5.41 Å². The Bertz CT molecular complexity index is 540. The minimum absolute atomic E-state index is 0.427. The Balaban J connectivity index is 1.74. The van der Waals surface area contributed by atoms with Crippen molar-refractivity contribution in [3.8, 4) is 0 Å². The molecular formula is C16H18OS. The van der Waals surface area contributed by atoms with E-state index in [0.29, 0.717) is 5.41 Å². The fraction of sp³-hybridized carbons (Fsp3) is 0.375. The molecule has 0 atom stereocenters. The first-order valence-electron chi connectivity index (χ1n) is 6.51. The maximum atomic E-state index is 5.37. The SMILES string of the molecule is CCC1(CSc2ccc3ccccc3c2)COC1. The van der Waals surface area contributed by atoms with Crippen molar-refractivity contribution in [2.75, 3.05) is 19.0 Å². The Morgan fingerprint density at radius 2 is 1.89 bits per heavy atom. The molecule has 0 bridgehead atoms. The Morgan fingerprint density at radius 3 is 2.56 bits per heavy atom. The smallest absolute Gasteiger partial charge is 0.0552 e. The fourth-order valence-corrected chi connectivity index (χ4v) is 3.49. The zero-order chi connectivity index (χ0) is 12.4. The molecule has 2 aromatic rings. The number of fused-ring (bicyclic) bond motifs is 1. The van der Waals surface area contributed by atoms with Gasteiger partial charge in [-0.05, 0) is 29.3 Å². The zero-order valence-corrected chi connectivity index (χ0v) is 11.5. The molecule has 1 fully saturated rings. The Kier molecular flexibility index (Phi) is 3.31. The highest BCUT2D eigenvalue weighted by atomic mass is 32.2. The molecule has 0 aromatic heterocycles. The van der Waals surface area contributed by atoms with Crippen LogP contribution in [0.3, 0.4) is 0 Å². The summed E-state index contributed by atoms with van der Waals surface area (Å²) in [4.78, 5) is 1.37. The molecule has 0 aliphatic carbocycles. The van der Waals surface area contributed by atoms with Crippen LogP contribution in [0, 0.1) is 5.41 Å². The average molecular weight is 258 g/mol. The molecule has 2 aromatic carbocycles. The highest BCUT2D eigenvalue weighted by molar-refractivity contribution is 7.99. The molecule has 1 saturated heterocycles. The lowest BCUT2D eigenvalue weighted by atomic mass is 9.86. The third-order valence-corrected chi connectivity index (χ3v) is 5.18. The quantitative estimate of drug-likeness (QED) is 0.754. The fourth-order valence-electron chi connectivity index (χ4n) is 2.27. The third kappa shape index (κ3) is 2.27. The first kappa shape index (κ1) is 12.1. The first-order chi connectivity index (χ1) is 8.81. The summed E-state index contributed by atoms with van der Waals surface area (Å²) in [5, 5.41) is 2.65. The molecule has 3 rings (SSSR count). The monoisotopic (exact) mass is 258 g/mol. The van der Waals surface area contributed by atoms with Gasteiger partial charge in [0.2, 0.25) is 0 Å². The summed E-state index contributed by atoms with van der Waals surface area (Å²) in [5.41, 5.74) is 0.427. The summed E-state index contributed by atoms with van der Waals surface area (Å²) in [7, 11) is 0. The van der Waals surface area contributed by atoms with E-state index in [1.54, 1.807) is 0 Å². The third-order valence-electron chi connectivity index (χ3n) is 3.83. The largest absolute Gasteiger partial charge is 0.380 e. The van der Waals surface area contributed by atoms with Crippen molar-refractivity contribution in [1.82, 2.24) is 0 Å². The molecule has 1 heterocycles. The van der Waals surface area contributed by atoms with Crippen molar-refractivity contribution >= 4 is 22.5 Å². The van der Waals surface area contributed by atoms with Gasteiger partial charge < -0.3 is 4.74 Å². The average Bonchev–Trinajstić information content (AvgIpc) is 2.38. The van der Waals surface area contributed by atoms with Crippen LogP contribution in [0.2, 0.25) is 0 Å². The van der Waals surface area contributed by atoms with Crippen molar-refractivity contribution in [3.05, 3.63) is 42.5 Å². The minimum Gasteiger partial charge on any atom is -0.380 e. The Morgan fingerprint density at radius 1 is 1.11 bits per heavy atom. The molecule has 2 heteroatoms. The van der Waals surface area contributed by atoms with Crippen LogP contribution >= 0.6 is 11.8 Å². The number of hydrogen-bond acceptors (Lipinski definition) is 2. The van der Waals surface area contributed by atoms with Crippen LogP contribution in [0.5, 0.6) is 0 Å². The summed E-state index contributed by atoms with van der Waals surface area (Å²) in [6, 6.07) is 15.3. The number of benzene rings is 2. The van der Waals surface area contributed by atoms with Crippen LogP contribution in [0.4, 0.5) is 0 Å². The molecule has 0 spiro atoms. The second-order valence-electron chi connectivity index (χ2n) is 5.14. The van der Waals surface area contributed by atoms with E-state index < -0.39 is 0 Å². The van der Waals surface area contributed by atoms with E-state index in [9.17, 15) is 0 Å². The van der Waals surface area contributed by atoms with Crippen molar-refractivity contribution < 1.29 is 4.74 Å². The standard InChI is InChI=1S/C16H18OS/c1-2-16(10-17-11-16)12-18-15-8-7-13-5-3-4-6-14(13)9-15/h3-9H,2,10-12H2,1H3. The lowest BCUT2D eigenvalue weighted by molar-refractivity contribution is -0.0994. The van der Waals surface area contributed by atoms with Gasteiger partial charge in [-0.2, -0.15) is 0 Å². The molecule has 0 unspecified atom stereocenters. The van der Waals surface area contributed by atoms with Gasteiger partial charge in [0.1, 0.15) is 0 Å². The molecule has 0 N–H and O–H groups in total. The highest BCUT2D eigenvalue weighted by Crippen LogP contribution is 2.37. The molecule has 1 nitrogen and oxygen atoms in total. The molecule has 0 amide bonds. The van der Waals surface area contributed by atoms with Gasteiger partial charge in [-0.25, -0.2) is 0 Å². The molecule has 0 saturated carbocycles. The van der Waals surface area contributed by atoms with E-state index in [4.69, 9.17) is 4.74 Å². The van der Waals surface area contributed by atoms with Gasteiger partial charge >= 0.3 is 0 Å². The van der Waals surface area contributed by atoms with E-state index in [1.165, 1.54) is 27.8 Å². The van der Waals surface area contributed by atoms with E-state index >= 15 is 0 Å². The lowest BCUT2D eigenvalue weighted by Gasteiger charge is -2.40. The Labute approximate surface area is 113 Å². The van der Waals surface area contributed by atoms with Crippen LogP contribution < -0.4 is 0 Å². The summed E-state index contributed by atoms with van der Waals surface area (Å²) < 4.78 is 5.37. The molecule has 0 radical (unpaired) electrons. The topological polar surface area (TPSA) is 9.23 Å². The van der Waals surface area contributed by atoms with Crippen LogP contribution in [-0.2, 0) is 4.74 Å². The van der Waals surface area contributed by atoms with Gasteiger partial charge in [0.15, 0.2) is 0 Å². The molecule has 1 aliphatic rings. The van der Waals surface area contributed by atoms with E-state index in [2.05, 4.69) is 49.4 Å². The normalized spacial score (nSPS) is 17.6. The van der Waals surface area contributed by atoms with Crippen LogP contribution in [0.1, 0.15) is 13.3 Å². The second-order valence-corrected chi connectivity index (χ2v) is 6.19. The lowest BCUT2D eigenvalue weighted by Crippen LogP contribution is -2.44. The van der Waals surface area contributed by atoms with E-state index in [1.807, 2.05) is 11.8 Å². The predicted octanol–water partition coefficient (Wildman–Crippen LogP) is 4.36. The zero-order valence-electron chi connectivity index (χ0n) is 10.7. The maximum Gasteiger partial charge on any atom is 0.0552 e. The highest BCUT2D eigenvalue weighted by Gasteiger charge is 2.36. The summed E-state index contributed by atoms with van der Waals surface area (Å²) in [5.74, 6) is 1.17. The van der Waals surface area contributed by atoms with E-state index in [0.717, 1.165) is 13.2 Å². The molecule has 94 valence electrons. The van der Waals surface area contributed by atoms with Crippen LogP contribution in [0.25, 0.3) is 10.8 Å². The van der Waals surface area contributed by atoms with Gasteiger partial charge in [0.25, 0.3) is 0 Å². The van der Waals surface area contributed by atoms with Gasteiger partial charge in [0.05, 0.1) is 13.2 Å². The van der Waals surface area contributed by atoms with E-state index in [-0.39, 0.29) is 0 Å². The predicted molar refractivity (Wildman–Crippen MR) is 78.2 cm³/mol. The maximum absolute atomic E-state index is 5.37. The Hall–Kier alpha value is -0.990. The minimum atomic E-state index is 0.427. The molecule has 1 aliphatic heterocycles. The molecule has 18 heavy (non-hydrogen) atoms. The van der Waals surface area contributed by atoms with Crippen LogP contribution in [0.15, 0.2) is 47.4 Å². The summed E-state index contributed by atoms with van der Waals surface area (Å²) >= 11 is 1.96. The number of ether oxygens (including phenoxy) is 1. The summed E-state index contributed by atoms with van der Waals surface area (Å²) in [6.07, 6.45) is 1.22. The summed E-state index contributed by atoms with van der Waals surface area (Å²) in [6.45, 7) is 4.14. The van der Waals surface area contributed by atoms with Crippen molar-refractivity contribution in [2.45, 2.75) is 18.2 Å². The molecular weight excluding hydrogens is 240 g/mol. The second kappa shape index (κ2) is 4.94. The van der Waals surface area contributed by atoms with Crippen molar-refractivity contribution in [3.63, 3.8) is 0 Å². The van der Waals surface area contributed by atoms with Gasteiger partial charge in [0, 0.05) is 16.1 Å². The van der Waals surface area contributed by atoms with Crippen LogP contribution in [-0.4, -0.2) is 19.0 Å². The van der Waals surface area contributed by atoms with Gasteiger partial charge in [-0.1, -0.05) is 37.3 Å². The number of thioether (sulfide) groups is 1. The first-order valence-corrected chi connectivity index (χ1v) is 7.49. The van der Waals surface area contributed by atoms with Gasteiger partial charge in [-0.3, -0.25) is 0 Å². The van der Waals surface area contributed by atoms with Crippen molar-refractivity contribution in [1.29, 1.82) is 0 Å².